The Labute approximate surface area is 150 Å². The van der Waals surface area contributed by atoms with Gasteiger partial charge < -0.3 is 19.4 Å². The highest BCUT2D eigenvalue weighted by atomic mass is 16.5. The molecule has 3 rings (SSSR count). The second-order valence-corrected chi connectivity index (χ2v) is 6.00. The molecule has 1 saturated heterocycles. The largest absolute Gasteiger partial charge is 0.459 e. The van der Waals surface area contributed by atoms with E-state index in [1.807, 2.05) is 30.3 Å². The highest BCUT2D eigenvalue weighted by Crippen LogP contribution is 2.21. The number of carbonyl (C=O) groups excluding carboxylic acids is 3. The number of likely N-dealkylation sites (tertiary alicyclic amines) is 1. The minimum Gasteiger partial charge on any atom is -0.459 e. The monoisotopic (exact) mass is 356 g/mol. The van der Waals surface area contributed by atoms with Crippen LogP contribution in [0.1, 0.15) is 29.0 Å². The van der Waals surface area contributed by atoms with E-state index in [4.69, 9.17) is 9.15 Å². The molecule has 0 saturated carbocycles. The average molecular weight is 356 g/mol. The lowest BCUT2D eigenvalue weighted by molar-refractivity contribution is -0.152. The van der Waals surface area contributed by atoms with Gasteiger partial charge in [0.25, 0.3) is 11.8 Å². The summed E-state index contributed by atoms with van der Waals surface area (Å²) in [6.45, 7) is 0.453. The first kappa shape index (κ1) is 17.7. The summed E-state index contributed by atoms with van der Waals surface area (Å²) < 4.78 is 10.2. The molecule has 7 nitrogen and oxygen atoms in total. The summed E-state index contributed by atoms with van der Waals surface area (Å²) in [4.78, 5) is 37.9. The average Bonchev–Trinajstić information content (AvgIpc) is 3.36. The van der Waals surface area contributed by atoms with Gasteiger partial charge in [-0.15, -0.1) is 0 Å². The van der Waals surface area contributed by atoms with Crippen molar-refractivity contribution in [2.24, 2.45) is 0 Å². The Balaban J connectivity index is 1.48. The van der Waals surface area contributed by atoms with Gasteiger partial charge in [0.1, 0.15) is 6.04 Å². The molecular formula is C19H20N2O5. The van der Waals surface area contributed by atoms with Gasteiger partial charge in [0, 0.05) is 13.1 Å². The molecule has 2 amide bonds. The van der Waals surface area contributed by atoms with Crippen LogP contribution >= 0.6 is 0 Å². The van der Waals surface area contributed by atoms with E-state index >= 15 is 0 Å². The van der Waals surface area contributed by atoms with Crippen molar-refractivity contribution in [1.29, 1.82) is 0 Å². The predicted octanol–water partition coefficient (Wildman–Crippen LogP) is 1.74. The minimum atomic E-state index is -0.686. The number of amides is 2. The van der Waals surface area contributed by atoms with E-state index in [-0.39, 0.29) is 24.2 Å². The fourth-order valence-corrected chi connectivity index (χ4v) is 2.88. The van der Waals surface area contributed by atoms with Crippen molar-refractivity contribution in [1.82, 2.24) is 10.2 Å². The molecule has 0 bridgehead atoms. The standard InChI is InChI=1S/C19H20N2O5/c22-17(20-12-14-6-2-1-3-7-14)13-26-19(24)15-8-4-10-21(15)18(23)16-9-5-11-25-16/h1-3,5-7,9,11,15H,4,8,10,12-13H2,(H,20,22)/t15-/m0/s1. The minimum absolute atomic E-state index is 0.185. The number of hydrogen-bond donors (Lipinski definition) is 1. The molecule has 1 aliphatic heterocycles. The van der Waals surface area contributed by atoms with E-state index in [1.165, 1.54) is 11.2 Å². The van der Waals surface area contributed by atoms with Gasteiger partial charge in [-0.2, -0.15) is 0 Å². The molecule has 1 atom stereocenters. The highest BCUT2D eigenvalue weighted by Gasteiger charge is 2.36. The fourth-order valence-electron chi connectivity index (χ4n) is 2.88. The van der Waals surface area contributed by atoms with Crippen LogP contribution in [0.2, 0.25) is 0 Å². The molecule has 7 heteroatoms. The van der Waals surface area contributed by atoms with E-state index in [2.05, 4.69) is 5.32 Å². The predicted molar refractivity (Wildman–Crippen MR) is 92.0 cm³/mol. The molecule has 1 aliphatic rings. The zero-order valence-electron chi connectivity index (χ0n) is 14.2. The Morgan fingerprint density at radius 3 is 2.69 bits per heavy atom. The second-order valence-electron chi connectivity index (χ2n) is 6.00. The SMILES string of the molecule is O=C(COC(=O)[C@@H]1CCCN1C(=O)c1ccco1)NCc1ccccc1. The molecule has 1 aromatic heterocycles. The van der Waals surface area contributed by atoms with Crippen LogP contribution in [0, 0.1) is 0 Å². The van der Waals surface area contributed by atoms with Crippen LogP contribution in [0.25, 0.3) is 0 Å². The summed E-state index contributed by atoms with van der Waals surface area (Å²) in [5, 5.41) is 2.69. The third-order valence-corrected chi connectivity index (χ3v) is 4.20. The van der Waals surface area contributed by atoms with Crippen molar-refractivity contribution in [3.05, 3.63) is 60.1 Å². The molecule has 0 spiro atoms. The molecule has 2 heterocycles. The smallest absolute Gasteiger partial charge is 0.329 e. The maximum Gasteiger partial charge on any atom is 0.329 e. The lowest BCUT2D eigenvalue weighted by atomic mass is 10.2. The van der Waals surface area contributed by atoms with Crippen LogP contribution in [-0.4, -0.2) is 41.9 Å². The van der Waals surface area contributed by atoms with E-state index in [0.29, 0.717) is 25.9 Å². The number of rotatable bonds is 6. The second kappa shape index (κ2) is 8.33. The van der Waals surface area contributed by atoms with Gasteiger partial charge >= 0.3 is 5.97 Å². The van der Waals surface area contributed by atoms with Gasteiger partial charge in [-0.3, -0.25) is 9.59 Å². The van der Waals surface area contributed by atoms with Crippen LogP contribution in [0.4, 0.5) is 0 Å². The number of ether oxygens (including phenoxy) is 1. The van der Waals surface area contributed by atoms with Crippen molar-refractivity contribution < 1.29 is 23.5 Å². The number of benzene rings is 1. The lowest BCUT2D eigenvalue weighted by Gasteiger charge is -2.22. The Hall–Kier alpha value is -3.09. The van der Waals surface area contributed by atoms with Crippen LogP contribution in [-0.2, 0) is 20.9 Å². The summed E-state index contributed by atoms with van der Waals surface area (Å²) in [6.07, 6.45) is 2.62. The summed E-state index contributed by atoms with van der Waals surface area (Å²) in [7, 11) is 0. The van der Waals surface area contributed by atoms with Crippen molar-refractivity contribution in [3.63, 3.8) is 0 Å². The molecule has 1 aromatic carbocycles. The van der Waals surface area contributed by atoms with E-state index in [9.17, 15) is 14.4 Å². The third-order valence-electron chi connectivity index (χ3n) is 4.20. The molecular weight excluding hydrogens is 336 g/mol. The number of hydrogen-bond acceptors (Lipinski definition) is 5. The van der Waals surface area contributed by atoms with Crippen LogP contribution < -0.4 is 5.32 Å². The third kappa shape index (κ3) is 4.30. The fraction of sp³-hybridized carbons (Fsp3) is 0.316. The van der Waals surface area contributed by atoms with Crippen LogP contribution in [0.15, 0.2) is 53.1 Å². The van der Waals surface area contributed by atoms with Crippen molar-refractivity contribution in [3.8, 4) is 0 Å². The number of nitrogens with zero attached hydrogens (tertiary/aromatic N) is 1. The molecule has 136 valence electrons. The van der Waals surface area contributed by atoms with Gasteiger partial charge in [0.15, 0.2) is 12.4 Å². The van der Waals surface area contributed by atoms with Gasteiger partial charge in [0.05, 0.1) is 6.26 Å². The van der Waals surface area contributed by atoms with Gasteiger partial charge in [0.2, 0.25) is 0 Å². The normalized spacial score (nSPS) is 16.3. The van der Waals surface area contributed by atoms with Crippen molar-refractivity contribution >= 4 is 17.8 Å². The number of furan rings is 1. The zero-order chi connectivity index (χ0) is 18.4. The first-order valence-corrected chi connectivity index (χ1v) is 8.47. The van der Waals surface area contributed by atoms with E-state index in [0.717, 1.165) is 5.56 Å². The van der Waals surface area contributed by atoms with Gasteiger partial charge in [-0.1, -0.05) is 30.3 Å². The van der Waals surface area contributed by atoms with Gasteiger partial charge in [-0.05, 0) is 30.5 Å². The lowest BCUT2D eigenvalue weighted by Crippen LogP contribution is -2.42. The summed E-state index contributed by atoms with van der Waals surface area (Å²) in [6, 6.07) is 11.9. The topological polar surface area (TPSA) is 88.9 Å². The summed E-state index contributed by atoms with van der Waals surface area (Å²) >= 11 is 0. The quantitative estimate of drug-likeness (QED) is 0.797. The molecule has 0 radical (unpaired) electrons. The molecule has 0 unspecified atom stereocenters. The van der Waals surface area contributed by atoms with Crippen LogP contribution in [0.5, 0.6) is 0 Å². The number of esters is 1. The number of nitrogens with one attached hydrogen (secondary N) is 1. The van der Waals surface area contributed by atoms with E-state index < -0.39 is 12.0 Å². The zero-order valence-corrected chi connectivity index (χ0v) is 14.2. The Bertz CT molecular complexity index is 758. The maximum atomic E-state index is 12.4. The first-order valence-electron chi connectivity index (χ1n) is 8.47. The Morgan fingerprint density at radius 2 is 1.96 bits per heavy atom. The summed E-state index contributed by atoms with van der Waals surface area (Å²) in [5.41, 5.74) is 0.957. The summed E-state index contributed by atoms with van der Waals surface area (Å²) in [5.74, 6) is -1.12. The first-order chi connectivity index (χ1) is 12.6. The van der Waals surface area contributed by atoms with Crippen molar-refractivity contribution in [2.75, 3.05) is 13.2 Å². The van der Waals surface area contributed by atoms with Crippen molar-refractivity contribution in [2.45, 2.75) is 25.4 Å². The molecule has 0 aliphatic carbocycles. The molecule has 1 fully saturated rings. The molecule has 1 N–H and O–H groups in total. The Kier molecular flexibility index (Phi) is 5.68. The Morgan fingerprint density at radius 1 is 1.15 bits per heavy atom. The number of carbonyl (C=O) groups is 3. The van der Waals surface area contributed by atoms with Gasteiger partial charge in [-0.25, -0.2) is 4.79 Å². The molecule has 26 heavy (non-hydrogen) atoms. The molecule has 2 aromatic rings. The van der Waals surface area contributed by atoms with Crippen LogP contribution in [0.3, 0.4) is 0 Å². The van der Waals surface area contributed by atoms with E-state index in [1.54, 1.807) is 12.1 Å². The maximum absolute atomic E-state index is 12.4. The highest BCUT2D eigenvalue weighted by molar-refractivity contribution is 5.95.